The van der Waals surface area contributed by atoms with E-state index >= 15 is 0 Å². The summed E-state index contributed by atoms with van der Waals surface area (Å²) in [5, 5.41) is 3.80. The topological polar surface area (TPSA) is 71.1 Å². The molecule has 110 valence electrons. The van der Waals surface area contributed by atoms with E-state index < -0.39 is 10.0 Å². The van der Waals surface area contributed by atoms with Gasteiger partial charge in [0.1, 0.15) is 4.90 Å². The van der Waals surface area contributed by atoms with Crippen LogP contribution in [0.25, 0.3) is 10.9 Å². The Hall–Kier alpha value is -1.21. The van der Waals surface area contributed by atoms with Crippen LogP contribution in [0, 0.1) is 0 Å². The molecule has 0 bridgehead atoms. The molecule has 7 heteroatoms. The van der Waals surface area contributed by atoms with E-state index in [1.165, 1.54) is 0 Å². The van der Waals surface area contributed by atoms with Gasteiger partial charge in [0, 0.05) is 24.2 Å². The second-order valence-corrected chi connectivity index (χ2v) is 6.11. The number of hydrogen-bond acceptors (Lipinski definition) is 4. The van der Waals surface area contributed by atoms with E-state index in [4.69, 9.17) is 0 Å². The van der Waals surface area contributed by atoms with Crippen molar-refractivity contribution in [2.45, 2.75) is 17.9 Å². The highest BCUT2D eigenvalue weighted by molar-refractivity contribution is 7.89. The first kappa shape index (κ1) is 16.8. The summed E-state index contributed by atoms with van der Waals surface area (Å²) in [6.45, 7) is 2.24. The highest BCUT2D eigenvalue weighted by atomic mass is 35.5. The van der Waals surface area contributed by atoms with Gasteiger partial charge in [0.05, 0.1) is 5.52 Å². The first-order valence-corrected chi connectivity index (χ1v) is 7.53. The first-order chi connectivity index (χ1) is 9.04. The van der Waals surface area contributed by atoms with Gasteiger partial charge in [-0.1, -0.05) is 18.2 Å². The first-order valence-electron chi connectivity index (χ1n) is 6.05. The third kappa shape index (κ3) is 3.67. The van der Waals surface area contributed by atoms with Gasteiger partial charge in [-0.3, -0.25) is 4.98 Å². The minimum Gasteiger partial charge on any atom is -0.316 e. The fourth-order valence-electron chi connectivity index (χ4n) is 1.71. The van der Waals surface area contributed by atoms with Crippen LogP contribution in [-0.2, 0) is 10.0 Å². The molecule has 0 spiro atoms. The SMILES string of the molecule is CNC(C)CNS(=O)(=O)c1cccc2cccnc12.Cl. The average molecular weight is 316 g/mol. The highest BCUT2D eigenvalue weighted by Crippen LogP contribution is 2.20. The molecule has 0 saturated heterocycles. The molecule has 0 fully saturated rings. The van der Waals surface area contributed by atoms with Gasteiger partial charge in [-0.2, -0.15) is 0 Å². The number of halogens is 1. The molecule has 5 nitrogen and oxygen atoms in total. The molecular formula is C13H18ClN3O2S. The lowest BCUT2D eigenvalue weighted by Crippen LogP contribution is -2.37. The van der Waals surface area contributed by atoms with Gasteiger partial charge in [-0.05, 0) is 26.1 Å². The molecule has 1 heterocycles. The van der Waals surface area contributed by atoms with Crippen molar-refractivity contribution in [2.75, 3.05) is 13.6 Å². The molecule has 1 aromatic heterocycles. The molecule has 0 aliphatic heterocycles. The number of pyridine rings is 1. The minimum absolute atomic E-state index is 0. The molecule has 2 rings (SSSR count). The Morgan fingerprint density at radius 1 is 1.25 bits per heavy atom. The summed E-state index contributed by atoms with van der Waals surface area (Å²) in [6, 6.07) is 8.84. The van der Waals surface area contributed by atoms with Gasteiger partial charge in [-0.25, -0.2) is 13.1 Å². The average Bonchev–Trinajstić information content (AvgIpc) is 2.44. The zero-order valence-electron chi connectivity index (χ0n) is 11.3. The van der Waals surface area contributed by atoms with E-state index in [0.29, 0.717) is 12.1 Å². The number of sulfonamides is 1. The minimum atomic E-state index is -3.54. The number of fused-ring (bicyclic) bond motifs is 1. The van der Waals surface area contributed by atoms with Crippen molar-refractivity contribution in [2.24, 2.45) is 0 Å². The Labute approximate surface area is 125 Å². The number of nitrogens with zero attached hydrogens (tertiary/aromatic N) is 1. The monoisotopic (exact) mass is 315 g/mol. The maximum atomic E-state index is 12.3. The van der Waals surface area contributed by atoms with Gasteiger partial charge < -0.3 is 5.32 Å². The number of para-hydroxylation sites is 1. The fourth-order valence-corrected chi connectivity index (χ4v) is 3.02. The normalized spacial score (nSPS) is 12.9. The third-order valence-electron chi connectivity index (χ3n) is 2.96. The summed E-state index contributed by atoms with van der Waals surface area (Å²) in [4.78, 5) is 4.38. The summed E-state index contributed by atoms with van der Waals surface area (Å²) in [5.74, 6) is 0. The van der Waals surface area contributed by atoms with E-state index in [9.17, 15) is 8.42 Å². The largest absolute Gasteiger partial charge is 0.316 e. The Bertz CT molecular complexity index is 671. The van der Waals surface area contributed by atoms with Crippen molar-refractivity contribution in [3.05, 3.63) is 36.5 Å². The van der Waals surface area contributed by atoms with Crippen molar-refractivity contribution >= 4 is 33.3 Å². The maximum Gasteiger partial charge on any atom is 0.242 e. The molecule has 1 aromatic carbocycles. The fraction of sp³-hybridized carbons (Fsp3) is 0.308. The lowest BCUT2D eigenvalue weighted by atomic mass is 10.2. The summed E-state index contributed by atoms with van der Waals surface area (Å²) >= 11 is 0. The number of likely N-dealkylation sites (N-methyl/N-ethyl adjacent to an activating group) is 1. The quantitative estimate of drug-likeness (QED) is 0.878. The Morgan fingerprint density at radius 3 is 2.65 bits per heavy atom. The predicted molar refractivity (Wildman–Crippen MR) is 82.7 cm³/mol. The number of rotatable bonds is 5. The van der Waals surface area contributed by atoms with Crippen molar-refractivity contribution in [1.82, 2.24) is 15.0 Å². The van der Waals surface area contributed by atoms with Gasteiger partial charge in [0.15, 0.2) is 0 Å². The zero-order valence-corrected chi connectivity index (χ0v) is 13.0. The molecule has 1 unspecified atom stereocenters. The maximum absolute atomic E-state index is 12.3. The van der Waals surface area contributed by atoms with Crippen LogP contribution >= 0.6 is 12.4 Å². The Morgan fingerprint density at radius 2 is 1.95 bits per heavy atom. The van der Waals surface area contributed by atoms with Crippen molar-refractivity contribution in [1.29, 1.82) is 0 Å². The molecule has 0 radical (unpaired) electrons. The predicted octanol–water partition coefficient (Wildman–Crippen LogP) is 1.54. The molecule has 1 atom stereocenters. The Kier molecular flexibility index (Phi) is 5.88. The molecule has 0 aliphatic carbocycles. The molecule has 0 saturated carbocycles. The van der Waals surface area contributed by atoms with Crippen molar-refractivity contribution in [3.8, 4) is 0 Å². The van der Waals surface area contributed by atoms with Crippen LogP contribution in [0.2, 0.25) is 0 Å². The van der Waals surface area contributed by atoms with E-state index in [2.05, 4.69) is 15.0 Å². The van der Waals surface area contributed by atoms with E-state index in [1.807, 2.05) is 19.1 Å². The van der Waals surface area contributed by atoms with Gasteiger partial charge in [-0.15, -0.1) is 12.4 Å². The van der Waals surface area contributed by atoms with Crippen LogP contribution in [0.5, 0.6) is 0 Å². The third-order valence-corrected chi connectivity index (χ3v) is 4.41. The summed E-state index contributed by atoms with van der Waals surface area (Å²) in [5.41, 5.74) is 0.495. The number of benzene rings is 1. The van der Waals surface area contributed by atoms with Crippen LogP contribution in [0.15, 0.2) is 41.4 Å². The second-order valence-electron chi connectivity index (χ2n) is 4.37. The highest BCUT2D eigenvalue weighted by Gasteiger charge is 2.18. The van der Waals surface area contributed by atoms with Crippen LogP contribution in [0.4, 0.5) is 0 Å². The second kappa shape index (κ2) is 6.99. The number of aromatic nitrogens is 1. The summed E-state index contributed by atoms with van der Waals surface area (Å²) < 4.78 is 27.2. The van der Waals surface area contributed by atoms with Gasteiger partial charge in [0.25, 0.3) is 0 Å². The molecule has 0 amide bonds. The number of nitrogens with one attached hydrogen (secondary N) is 2. The van der Waals surface area contributed by atoms with Gasteiger partial charge >= 0.3 is 0 Å². The molecule has 2 N–H and O–H groups in total. The van der Waals surface area contributed by atoms with Crippen LogP contribution in [0.1, 0.15) is 6.92 Å². The van der Waals surface area contributed by atoms with E-state index in [0.717, 1.165) is 5.39 Å². The van der Waals surface area contributed by atoms with Crippen LogP contribution in [-0.4, -0.2) is 33.0 Å². The molecule has 20 heavy (non-hydrogen) atoms. The molecular weight excluding hydrogens is 298 g/mol. The number of hydrogen-bond donors (Lipinski definition) is 2. The van der Waals surface area contributed by atoms with Crippen LogP contribution in [0.3, 0.4) is 0 Å². The molecule has 2 aromatic rings. The Balaban J connectivity index is 0.00000200. The summed E-state index contributed by atoms with van der Waals surface area (Å²) in [6.07, 6.45) is 1.59. The van der Waals surface area contributed by atoms with Crippen molar-refractivity contribution < 1.29 is 8.42 Å². The molecule has 0 aliphatic rings. The summed E-state index contributed by atoms with van der Waals surface area (Å²) in [7, 11) is -1.75. The van der Waals surface area contributed by atoms with Crippen LogP contribution < -0.4 is 10.0 Å². The van der Waals surface area contributed by atoms with E-state index in [-0.39, 0.29) is 23.3 Å². The zero-order chi connectivity index (χ0) is 13.9. The lowest BCUT2D eigenvalue weighted by Gasteiger charge is -2.12. The van der Waals surface area contributed by atoms with E-state index in [1.54, 1.807) is 31.4 Å². The van der Waals surface area contributed by atoms with Crippen molar-refractivity contribution in [3.63, 3.8) is 0 Å². The standard InChI is InChI=1S/C13H17N3O2S.ClH/c1-10(14-2)9-16-19(17,18)12-7-3-5-11-6-4-8-15-13(11)12;/h3-8,10,14,16H,9H2,1-2H3;1H. The van der Waals surface area contributed by atoms with Gasteiger partial charge in [0.2, 0.25) is 10.0 Å². The smallest absolute Gasteiger partial charge is 0.242 e. The lowest BCUT2D eigenvalue weighted by molar-refractivity contribution is 0.555.